The molecule has 0 atom stereocenters. The van der Waals surface area contributed by atoms with Crippen LogP contribution in [0.3, 0.4) is 0 Å². The number of aromatic nitrogens is 3. The van der Waals surface area contributed by atoms with E-state index in [9.17, 15) is 4.79 Å². The van der Waals surface area contributed by atoms with E-state index in [1.807, 2.05) is 18.7 Å². The number of aliphatic hydroxyl groups is 1. The number of hydrogen-bond acceptors (Lipinski definition) is 9. The maximum absolute atomic E-state index is 11.0. The number of aldehydes is 1. The second-order valence-electron chi connectivity index (χ2n) is 8.32. The van der Waals surface area contributed by atoms with Gasteiger partial charge in [0.25, 0.3) is 0 Å². The van der Waals surface area contributed by atoms with Crippen molar-refractivity contribution in [2.24, 2.45) is 12.0 Å². The molecule has 1 fully saturated rings. The number of aryl methyl sites for hydroxylation is 1. The smallest absolute Gasteiger partial charge is 0.159 e. The Morgan fingerprint density at radius 3 is 2.42 bits per heavy atom. The van der Waals surface area contributed by atoms with Crippen LogP contribution < -0.4 is 15.5 Å². The molecule has 0 unspecified atom stereocenters. The Labute approximate surface area is 211 Å². The number of piperazine rings is 1. The van der Waals surface area contributed by atoms with Gasteiger partial charge in [-0.3, -0.25) is 9.79 Å². The Hall–Kier alpha value is -4.18. The maximum atomic E-state index is 11.0. The van der Waals surface area contributed by atoms with Gasteiger partial charge in [-0.2, -0.15) is 0 Å². The number of fused-ring (bicyclic) bond motifs is 1. The molecule has 0 radical (unpaired) electrons. The lowest BCUT2D eigenvalue weighted by atomic mass is 10.2. The molecule has 1 aliphatic heterocycles. The molecule has 3 heterocycles. The molecule has 2 aromatic heterocycles. The minimum atomic E-state index is 0.107. The SMILES string of the molecule is CN=C/C=C(Nc1cnc2c(c1)ncn2C)\C(C=O)=C/O.CNc1ccc(N2CCN(C)CC2)cc1. The first kappa shape index (κ1) is 26.4. The van der Waals surface area contributed by atoms with Crippen LogP contribution >= 0.6 is 0 Å². The fourth-order valence-electron chi connectivity index (χ4n) is 3.67. The van der Waals surface area contributed by atoms with Crippen LogP contribution in [0.5, 0.6) is 0 Å². The highest BCUT2D eigenvalue weighted by atomic mass is 16.2. The summed E-state index contributed by atoms with van der Waals surface area (Å²) < 4.78 is 1.81. The number of likely N-dealkylation sites (N-methyl/N-ethyl adjacent to an activating group) is 1. The first-order valence-corrected chi connectivity index (χ1v) is 11.7. The van der Waals surface area contributed by atoms with Crippen LogP contribution in [0.1, 0.15) is 0 Å². The van der Waals surface area contributed by atoms with Crippen LogP contribution in [0.25, 0.3) is 11.2 Å². The van der Waals surface area contributed by atoms with Crippen molar-refractivity contribution >= 4 is 40.7 Å². The zero-order valence-electron chi connectivity index (χ0n) is 21.2. The zero-order chi connectivity index (χ0) is 25.9. The summed E-state index contributed by atoms with van der Waals surface area (Å²) in [6, 6.07) is 10.5. The number of aliphatic imine (C=N–C) groups is 1. The lowest BCUT2D eigenvalue weighted by Gasteiger charge is -2.34. The maximum Gasteiger partial charge on any atom is 0.159 e. The number of benzene rings is 1. The van der Waals surface area contributed by atoms with Crippen molar-refractivity contribution in [3.05, 3.63) is 66.5 Å². The van der Waals surface area contributed by atoms with Gasteiger partial charge in [0.1, 0.15) is 5.52 Å². The van der Waals surface area contributed by atoms with Crippen LogP contribution in [0, 0.1) is 0 Å². The Kier molecular flexibility index (Phi) is 9.58. The average Bonchev–Trinajstić information content (AvgIpc) is 3.28. The monoisotopic (exact) mass is 490 g/mol. The second-order valence-corrected chi connectivity index (χ2v) is 8.32. The van der Waals surface area contributed by atoms with Crippen LogP contribution in [0.15, 0.2) is 71.5 Å². The molecule has 0 spiro atoms. The molecule has 1 aromatic carbocycles. The minimum Gasteiger partial charge on any atom is -0.515 e. The first-order chi connectivity index (χ1) is 17.5. The largest absolute Gasteiger partial charge is 0.515 e. The van der Waals surface area contributed by atoms with Crippen molar-refractivity contribution < 1.29 is 9.90 Å². The van der Waals surface area contributed by atoms with Crippen LogP contribution in [-0.4, -0.2) is 84.4 Å². The van der Waals surface area contributed by atoms with Gasteiger partial charge in [-0.15, -0.1) is 0 Å². The number of carbonyl (C=O) groups excluding carboxylic acids is 1. The number of imidazole rings is 1. The molecule has 0 bridgehead atoms. The van der Waals surface area contributed by atoms with Gasteiger partial charge in [0, 0.05) is 64.9 Å². The zero-order valence-corrected chi connectivity index (χ0v) is 21.2. The third-order valence-corrected chi connectivity index (χ3v) is 5.82. The van der Waals surface area contributed by atoms with E-state index in [1.165, 1.54) is 17.6 Å². The lowest BCUT2D eigenvalue weighted by molar-refractivity contribution is -0.104. The second kappa shape index (κ2) is 13.1. The Bertz CT molecular complexity index is 1220. The summed E-state index contributed by atoms with van der Waals surface area (Å²) >= 11 is 0. The molecule has 10 heteroatoms. The Morgan fingerprint density at radius 1 is 1.08 bits per heavy atom. The highest BCUT2D eigenvalue weighted by molar-refractivity contribution is 5.87. The number of hydrogen-bond donors (Lipinski definition) is 3. The van der Waals surface area contributed by atoms with E-state index in [4.69, 9.17) is 5.11 Å². The molecule has 3 N–H and O–H groups in total. The third-order valence-electron chi connectivity index (χ3n) is 5.82. The molecule has 36 heavy (non-hydrogen) atoms. The molecule has 0 amide bonds. The summed E-state index contributed by atoms with van der Waals surface area (Å²) in [5.41, 5.74) is 5.17. The predicted octanol–water partition coefficient (Wildman–Crippen LogP) is 3.09. The molecule has 1 saturated heterocycles. The summed E-state index contributed by atoms with van der Waals surface area (Å²) in [4.78, 5) is 28.1. The van der Waals surface area contributed by atoms with Gasteiger partial charge in [-0.1, -0.05) is 0 Å². The van der Waals surface area contributed by atoms with Gasteiger partial charge in [0.15, 0.2) is 11.9 Å². The van der Waals surface area contributed by atoms with E-state index in [2.05, 4.69) is 66.7 Å². The van der Waals surface area contributed by atoms with Crippen LogP contribution in [-0.2, 0) is 11.8 Å². The average molecular weight is 491 g/mol. The number of anilines is 3. The standard InChI is InChI=1S/C14H15N5O2.C12H19N3/c1-15-4-3-12(10(7-20)8-21)18-11-5-13-14(16-6-11)19(2)9-17-13;1-13-11-3-5-12(6-4-11)15-9-7-14(2)8-10-15/h3-9,18,20H,1-2H3;3-6,13H,7-10H2,1-2H3/b10-7-,12-3+,15-4?;. The van der Waals surface area contributed by atoms with E-state index in [-0.39, 0.29) is 5.57 Å². The van der Waals surface area contributed by atoms with Gasteiger partial charge >= 0.3 is 0 Å². The molecule has 10 nitrogen and oxygen atoms in total. The van der Waals surface area contributed by atoms with Gasteiger partial charge in [0.05, 0.1) is 35.7 Å². The van der Waals surface area contributed by atoms with Gasteiger partial charge in [0.2, 0.25) is 0 Å². The molecular weight excluding hydrogens is 456 g/mol. The highest BCUT2D eigenvalue weighted by Crippen LogP contribution is 2.19. The topological polar surface area (TPSA) is 111 Å². The number of pyridine rings is 1. The van der Waals surface area contributed by atoms with Crippen LogP contribution in [0.4, 0.5) is 17.1 Å². The van der Waals surface area contributed by atoms with Crippen molar-refractivity contribution in [1.29, 1.82) is 0 Å². The van der Waals surface area contributed by atoms with Gasteiger partial charge in [-0.25, -0.2) is 9.97 Å². The molecule has 1 aliphatic rings. The van der Waals surface area contributed by atoms with E-state index < -0.39 is 0 Å². The quantitative estimate of drug-likeness (QED) is 0.152. The Balaban J connectivity index is 0.000000212. The molecule has 4 rings (SSSR count). The number of nitrogens with one attached hydrogen (secondary N) is 2. The predicted molar refractivity (Wildman–Crippen MR) is 147 cm³/mol. The highest BCUT2D eigenvalue weighted by Gasteiger charge is 2.13. The normalized spacial score (nSPS) is 15.1. The van der Waals surface area contributed by atoms with Gasteiger partial charge in [-0.05, 0) is 43.5 Å². The van der Waals surface area contributed by atoms with Crippen molar-refractivity contribution in [2.75, 3.05) is 62.9 Å². The first-order valence-electron chi connectivity index (χ1n) is 11.7. The van der Waals surface area contributed by atoms with Crippen molar-refractivity contribution in [3.63, 3.8) is 0 Å². The number of allylic oxidation sites excluding steroid dienone is 2. The molecule has 0 aliphatic carbocycles. The van der Waals surface area contributed by atoms with Gasteiger partial charge < -0.3 is 30.1 Å². The fraction of sp³-hybridized carbons (Fsp3) is 0.308. The Morgan fingerprint density at radius 2 is 1.81 bits per heavy atom. The number of nitrogens with zero attached hydrogens (tertiary/aromatic N) is 6. The van der Waals surface area contributed by atoms with Crippen molar-refractivity contribution in [2.45, 2.75) is 0 Å². The van der Waals surface area contributed by atoms with E-state index in [0.717, 1.165) is 43.6 Å². The third kappa shape index (κ3) is 6.92. The van der Waals surface area contributed by atoms with E-state index >= 15 is 0 Å². The molecule has 3 aromatic rings. The number of rotatable bonds is 7. The van der Waals surface area contributed by atoms with Crippen molar-refractivity contribution in [3.8, 4) is 0 Å². The number of carbonyl (C=O) groups is 1. The molecule has 0 saturated carbocycles. The van der Waals surface area contributed by atoms with E-state index in [1.54, 1.807) is 31.7 Å². The summed E-state index contributed by atoms with van der Waals surface area (Å²) in [6.45, 7) is 4.59. The summed E-state index contributed by atoms with van der Waals surface area (Å²) in [5.74, 6) is 0. The van der Waals surface area contributed by atoms with E-state index in [0.29, 0.717) is 17.7 Å². The van der Waals surface area contributed by atoms with Crippen molar-refractivity contribution in [1.82, 2.24) is 19.4 Å². The van der Waals surface area contributed by atoms with Crippen LogP contribution in [0.2, 0.25) is 0 Å². The summed E-state index contributed by atoms with van der Waals surface area (Å²) in [7, 11) is 7.60. The number of aliphatic hydroxyl groups excluding tert-OH is 1. The summed E-state index contributed by atoms with van der Waals surface area (Å²) in [6.07, 6.45) is 7.69. The molecule has 190 valence electrons. The lowest BCUT2D eigenvalue weighted by Crippen LogP contribution is -2.44. The minimum absolute atomic E-state index is 0.107. The summed E-state index contributed by atoms with van der Waals surface area (Å²) in [5, 5.41) is 15.3. The molecular formula is C26H34N8O2. The fourth-order valence-corrected chi connectivity index (χ4v) is 3.67.